The minimum Gasteiger partial charge on any atom is -0.385 e. The zero-order valence-electron chi connectivity index (χ0n) is 25.7. The summed E-state index contributed by atoms with van der Waals surface area (Å²) in [6.45, 7) is 10.3. The maximum atomic E-state index is 15.3. The number of ether oxygens (including phenoxy) is 2. The first-order valence-corrected chi connectivity index (χ1v) is 15.7. The fourth-order valence-electron chi connectivity index (χ4n) is 9.44. The number of alkyl halides is 5. The largest absolute Gasteiger partial charge is 0.456 e. The van der Waals surface area contributed by atoms with E-state index in [1.54, 1.807) is 12.2 Å². The van der Waals surface area contributed by atoms with Crippen molar-refractivity contribution in [1.29, 1.82) is 0 Å². The van der Waals surface area contributed by atoms with Crippen molar-refractivity contribution in [2.24, 2.45) is 22.7 Å². The number of hydrogen-bond donors (Lipinski definition) is 2. The Morgan fingerprint density at radius 2 is 1.64 bits per heavy atom. The quantitative estimate of drug-likeness (QED) is 0.202. The van der Waals surface area contributed by atoms with E-state index in [1.165, 1.54) is 6.92 Å². The van der Waals surface area contributed by atoms with E-state index < -0.39 is 52.8 Å². The Bertz CT molecular complexity index is 1370. The second-order valence-electron chi connectivity index (χ2n) is 14.9. The van der Waals surface area contributed by atoms with Crippen LogP contribution in [0.2, 0.25) is 0 Å². The minimum atomic E-state index is -5.89. The van der Waals surface area contributed by atoms with Gasteiger partial charge in [-0.05, 0) is 67.1 Å². The molecule has 9 heteroatoms. The van der Waals surface area contributed by atoms with E-state index in [-0.39, 0.29) is 30.6 Å². The Hall–Kier alpha value is -2.07. The molecule has 5 aliphatic rings. The molecule has 4 fully saturated rings. The van der Waals surface area contributed by atoms with Gasteiger partial charge in [-0.15, -0.1) is 0 Å². The Labute approximate surface area is 256 Å². The minimum absolute atomic E-state index is 0.0501. The molecule has 4 aliphatic carbocycles. The fourth-order valence-corrected chi connectivity index (χ4v) is 9.44. The Morgan fingerprint density at radius 3 is 2.30 bits per heavy atom. The molecule has 0 amide bonds. The highest BCUT2D eigenvalue weighted by molar-refractivity contribution is 5.59. The molecule has 0 radical (unpaired) electrons. The van der Waals surface area contributed by atoms with Crippen LogP contribution in [-0.4, -0.2) is 52.5 Å². The van der Waals surface area contributed by atoms with Gasteiger partial charge in [0.05, 0.1) is 18.8 Å². The van der Waals surface area contributed by atoms with Crippen LogP contribution in [0.3, 0.4) is 0 Å². The van der Waals surface area contributed by atoms with Gasteiger partial charge >= 0.3 is 12.1 Å². The molecule has 44 heavy (non-hydrogen) atoms. The average Bonchev–Trinajstić information content (AvgIpc) is 3.23. The lowest BCUT2D eigenvalue weighted by Gasteiger charge is -2.59. The molecule has 4 nitrogen and oxygen atoms in total. The number of hydrogen-bond acceptors (Lipinski definition) is 4. The van der Waals surface area contributed by atoms with Crippen LogP contribution >= 0.6 is 0 Å². The number of fused-ring (bicyclic) bond motifs is 4. The number of allylic oxidation sites excluding steroid dienone is 3. The van der Waals surface area contributed by atoms with Gasteiger partial charge in [0.1, 0.15) is 5.60 Å². The first-order valence-electron chi connectivity index (χ1n) is 15.7. The predicted octanol–water partition coefficient (Wildman–Crippen LogP) is 8.11. The van der Waals surface area contributed by atoms with Crippen molar-refractivity contribution in [2.45, 2.75) is 107 Å². The maximum Gasteiger partial charge on any atom is 0.456 e. The lowest BCUT2D eigenvalue weighted by Crippen LogP contribution is -2.65. The molecule has 3 saturated carbocycles. The van der Waals surface area contributed by atoms with Gasteiger partial charge in [0.25, 0.3) is 0 Å². The van der Waals surface area contributed by atoms with E-state index in [0.29, 0.717) is 38.9 Å². The molecule has 0 bridgehead atoms. The standard InChI is InChI=1S/C35H43F5O4/c1-5-6-9-22-10-7-8-11-23(22)25-18-30(4)26(14-17-33(30,42)34(36,37)35(38,39)40)24-12-15-31(41)19-32(16-13-27(31)28(24)25)43-20-29(2,3)21-44-32/h5-11,24-26,41-42H,1,12-21H2,2-4H3/t24-,25+,26-,30-,31+,33-/m0/s1. The van der Waals surface area contributed by atoms with Crippen molar-refractivity contribution in [3.63, 3.8) is 0 Å². The summed E-state index contributed by atoms with van der Waals surface area (Å²) in [6, 6.07) is 7.44. The third-order valence-corrected chi connectivity index (χ3v) is 11.7. The van der Waals surface area contributed by atoms with Gasteiger partial charge in [0.15, 0.2) is 5.79 Å². The predicted molar refractivity (Wildman–Crippen MR) is 157 cm³/mol. The number of halogens is 5. The van der Waals surface area contributed by atoms with Gasteiger partial charge in [-0.25, -0.2) is 0 Å². The molecular weight excluding hydrogens is 579 g/mol. The van der Waals surface area contributed by atoms with Crippen LogP contribution in [0.15, 0.2) is 54.1 Å². The zero-order chi connectivity index (χ0) is 32.0. The highest BCUT2D eigenvalue weighted by Crippen LogP contribution is 2.71. The number of aliphatic hydroxyl groups is 2. The highest BCUT2D eigenvalue weighted by atomic mass is 19.4. The van der Waals surface area contributed by atoms with Crippen molar-refractivity contribution >= 4 is 6.08 Å². The monoisotopic (exact) mass is 622 g/mol. The third-order valence-electron chi connectivity index (χ3n) is 11.7. The Morgan fingerprint density at radius 1 is 0.955 bits per heavy atom. The smallest absolute Gasteiger partial charge is 0.385 e. The van der Waals surface area contributed by atoms with Crippen LogP contribution in [0.1, 0.15) is 89.2 Å². The van der Waals surface area contributed by atoms with E-state index in [9.17, 15) is 23.4 Å². The molecule has 2 N–H and O–H groups in total. The highest BCUT2D eigenvalue weighted by Gasteiger charge is 2.79. The van der Waals surface area contributed by atoms with Crippen molar-refractivity contribution in [3.05, 3.63) is 65.3 Å². The molecular formula is C35H43F5O4. The third kappa shape index (κ3) is 4.58. The summed E-state index contributed by atoms with van der Waals surface area (Å²) < 4.78 is 85.0. The summed E-state index contributed by atoms with van der Waals surface area (Å²) in [4.78, 5) is 0. The van der Waals surface area contributed by atoms with Gasteiger partial charge in [-0.2, -0.15) is 22.0 Å². The molecule has 6 rings (SSSR count). The van der Waals surface area contributed by atoms with E-state index in [2.05, 4.69) is 20.4 Å². The van der Waals surface area contributed by atoms with Crippen molar-refractivity contribution in [3.8, 4) is 0 Å². The lowest BCUT2D eigenvalue weighted by molar-refractivity contribution is -0.362. The van der Waals surface area contributed by atoms with Gasteiger partial charge in [-0.1, -0.05) is 75.4 Å². The number of rotatable bonds is 4. The van der Waals surface area contributed by atoms with Crippen LogP contribution in [0, 0.1) is 22.7 Å². The molecule has 1 spiro atoms. The molecule has 1 aromatic carbocycles. The normalized spacial score (nSPS) is 38.4. The summed E-state index contributed by atoms with van der Waals surface area (Å²) in [5.74, 6) is -7.74. The average molecular weight is 623 g/mol. The van der Waals surface area contributed by atoms with Crippen LogP contribution in [-0.2, 0) is 9.47 Å². The first kappa shape index (κ1) is 31.9. The summed E-state index contributed by atoms with van der Waals surface area (Å²) in [6.07, 6.45) is 0.583. The second-order valence-corrected chi connectivity index (χ2v) is 14.9. The summed E-state index contributed by atoms with van der Waals surface area (Å²) in [5, 5.41) is 23.9. The van der Waals surface area contributed by atoms with Crippen molar-refractivity contribution in [2.75, 3.05) is 13.2 Å². The molecule has 1 saturated heterocycles. The van der Waals surface area contributed by atoms with Crippen LogP contribution in [0.25, 0.3) is 6.08 Å². The van der Waals surface area contributed by atoms with Gasteiger partial charge in [-0.3, -0.25) is 0 Å². The molecule has 1 aromatic rings. The second kappa shape index (κ2) is 10.2. The van der Waals surface area contributed by atoms with Crippen LogP contribution in [0.4, 0.5) is 22.0 Å². The topological polar surface area (TPSA) is 58.9 Å². The summed E-state index contributed by atoms with van der Waals surface area (Å²) in [7, 11) is 0. The van der Waals surface area contributed by atoms with E-state index in [1.807, 2.05) is 30.3 Å². The van der Waals surface area contributed by atoms with Gasteiger partial charge in [0, 0.05) is 29.6 Å². The molecule has 6 atom stereocenters. The van der Waals surface area contributed by atoms with Crippen molar-refractivity contribution in [1.82, 2.24) is 0 Å². The fraction of sp³-hybridized carbons (Fsp3) is 0.657. The maximum absolute atomic E-state index is 15.3. The molecule has 1 heterocycles. The van der Waals surface area contributed by atoms with Crippen LogP contribution < -0.4 is 0 Å². The summed E-state index contributed by atoms with van der Waals surface area (Å²) in [5.41, 5.74) is -3.05. The molecule has 0 aromatic heterocycles. The lowest BCUT2D eigenvalue weighted by atomic mass is 9.49. The summed E-state index contributed by atoms with van der Waals surface area (Å²) >= 11 is 0. The molecule has 0 unspecified atom stereocenters. The Balaban J connectivity index is 1.50. The molecule has 242 valence electrons. The number of benzene rings is 1. The van der Waals surface area contributed by atoms with E-state index >= 15 is 8.78 Å². The van der Waals surface area contributed by atoms with E-state index in [0.717, 1.165) is 22.3 Å². The van der Waals surface area contributed by atoms with Gasteiger partial charge < -0.3 is 19.7 Å². The zero-order valence-corrected chi connectivity index (χ0v) is 25.7. The van der Waals surface area contributed by atoms with Crippen molar-refractivity contribution < 1.29 is 41.6 Å². The molecule has 1 aliphatic heterocycles. The van der Waals surface area contributed by atoms with Crippen LogP contribution in [0.5, 0.6) is 0 Å². The Kier molecular flexibility index (Phi) is 7.40. The first-order chi connectivity index (χ1) is 20.4. The SMILES string of the molecule is C=CC=Cc1ccccc1[C@H]1C[C@@]2(C)[C@@H](CC[C@@]2(O)C(F)(F)C(F)(F)F)[C@@H]2CC[C@@]3(O)CC4(CCC3=C21)OCC(C)(C)CO4. The van der Waals surface area contributed by atoms with E-state index in [4.69, 9.17) is 9.47 Å². The van der Waals surface area contributed by atoms with Gasteiger partial charge in [0.2, 0.25) is 0 Å².